The Hall–Kier alpha value is -1.39. The zero-order valence-corrected chi connectivity index (χ0v) is 12.5. The van der Waals surface area contributed by atoms with Gasteiger partial charge < -0.3 is 10.1 Å². The lowest BCUT2D eigenvalue weighted by atomic mass is 10.1. The van der Waals surface area contributed by atoms with Gasteiger partial charge in [0.05, 0.1) is 6.61 Å². The lowest BCUT2D eigenvalue weighted by Crippen LogP contribution is -2.05. The van der Waals surface area contributed by atoms with E-state index in [2.05, 4.69) is 38.4 Å². The van der Waals surface area contributed by atoms with Gasteiger partial charge in [-0.15, -0.1) is 0 Å². The Kier molecular flexibility index (Phi) is 5.36. The van der Waals surface area contributed by atoms with Crippen LogP contribution >= 0.6 is 15.9 Å². The topological polar surface area (TPSA) is 34.1 Å². The Morgan fingerprint density at radius 2 is 1.95 bits per heavy atom. The summed E-state index contributed by atoms with van der Waals surface area (Å²) >= 11 is 3.37. The fourth-order valence-electron chi connectivity index (χ4n) is 1.75. The van der Waals surface area contributed by atoms with Crippen molar-refractivity contribution >= 4 is 21.7 Å². The van der Waals surface area contributed by atoms with E-state index < -0.39 is 0 Å². The van der Waals surface area contributed by atoms with Crippen molar-refractivity contribution in [2.24, 2.45) is 0 Å². The average molecular weight is 321 g/mol. The van der Waals surface area contributed by atoms with E-state index in [9.17, 15) is 0 Å². The van der Waals surface area contributed by atoms with Gasteiger partial charge in [-0.3, -0.25) is 0 Å². The first-order valence-electron chi connectivity index (χ1n) is 6.29. The van der Waals surface area contributed by atoms with E-state index in [0.29, 0.717) is 6.61 Å². The molecule has 0 amide bonds. The molecule has 1 aromatic carbocycles. The van der Waals surface area contributed by atoms with Crippen molar-refractivity contribution in [1.82, 2.24) is 4.98 Å². The Balaban J connectivity index is 2.00. The summed E-state index contributed by atoms with van der Waals surface area (Å²) in [6, 6.07) is 12.2. The second-order valence-electron chi connectivity index (χ2n) is 4.12. The fourth-order valence-corrected chi connectivity index (χ4v) is 1.98. The van der Waals surface area contributed by atoms with E-state index in [1.807, 2.05) is 31.2 Å². The van der Waals surface area contributed by atoms with Crippen molar-refractivity contribution in [3.63, 3.8) is 0 Å². The van der Waals surface area contributed by atoms with Gasteiger partial charge in [-0.2, -0.15) is 0 Å². The van der Waals surface area contributed by atoms with Crippen LogP contribution in [0.2, 0.25) is 0 Å². The number of ether oxygens (including phenoxy) is 1. The van der Waals surface area contributed by atoms with Gasteiger partial charge in [-0.05, 0) is 46.1 Å². The molecule has 0 bridgehead atoms. The first-order chi connectivity index (χ1) is 9.29. The Bertz CT molecular complexity index is 514. The van der Waals surface area contributed by atoms with E-state index in [0.717, 1.165) is 23.4 Å². The largest absolute Gasteiger partial charge is 0.377 e. The summed E-state index contributed by atoms with van der Waals surface area (Å²) in [7, 11) is 0. The van der Waals surface area contributed by atoms with Gasteiger partial charge in [0.1, 0.15) is 5.82 Å². The van der Waals surface area contributed by atoms with Gasteiger partial charge in [0, 0.05) is 23.8 Å². The van der Waals surface area contributed by atoms with Gasteiger partial charge in [0.2, 0.25) is 0 Å². The number of aromatic nitrogens is 1. The molecule has 2 aromatic rings. The van der Waals surface area contributed by atoms with Crippen LogP contribution in [0.5, 0.6) is 0 Å². The first kappa shape index (κ1) is 14.0. The molecular formula is C15H17BrN2O. The molecule has 100 valence electrons. The molecule has 0 unspecified atom stereocenters. The minimum atomic E-state index is 0.655. The van der Waals surface area contributed by atoms with Crippen LogP contribution in [-0.4, -0.2) is 11.6 Å². The van der Waals surface area contributed by atoms with Crippen molar-refractivity contribution < 1.29 is 4.74 Å². The van der Waals surface area contributed by atoms with E-state index in [1.54, 1.807) is 6.20 Å². The minimum absolute atomic E-state index is 0.655. The molecule has 19 heavy (non-hydrogen) atoms. The molecule has 0 aliphatic rings. The molecule has 0 spiro atoms. The second kappa shape index (κ2) is 7.26. The van der Waals surface area contributed by atoms with Gasteiger partial charge in [-0.1, -0.05) is 24.3 Å². The zero-order chi connectivity index (χ0) is 13.5. The van der Waals surface area contributed by atoms with Crippen LogP contribution in [0, 0.1) is 0 Å². The molecule has 0 saturated carbocycles. The molecule has 1 heterocycles. The summed E-state index contributed by atoms with van der Waals surface area (Å²) < 4.78 is 6.46. The van der Waals surface area contributed by atoms with Crippen molar-refractivity contribution in [2.45, 2.75) is 20.1 Å². The summed E-state index contributed by atoms with van der Waals surface area (Å²) in [5.74, 6) is 0.870. The molecular weight excluding hydrogens is 304 g/mol. The summed E-state index contributed by atoms with van der Waals surface area (Å²) in [6.45, 7) is 4.14. The van der Waals surface area contributed by atoms with Crippen LogP contribution in [0.1, 0.15) is 18.1 Å². The molecule has 0 saturated heterocycles. The third-order valence-corrected chi connectivity index (χ3v) is 3.24. The maximum Gasteiger partial charge on any atom is 0.126 e. The predicted octanol–water partition coefficient (Wildman–Crippen LogP) is 3.99. The maximum atomic E-state index is 5.48. The molecule has 1 N–H and O–H groups in total. The summed E-state index contributed by atoms with van der Waals surface area (Å²) in [5.41, 5.74) is 2.45. The van der Waals surface area contributed by atoms with Crippen molar-refractivity contribution in [1.29, 1.82) is 0 Å². The van der Waals surface area contributed by atoms with Crippen LogP contribution in [0.15, 0.2) is 47.1 Å². The Morgan fingerprint density at radius 1 is 1.16 bits per heavy atom. The number of benzene rings is 1. The van der Waals surface area contributed by atoms with E-state index >= 15 is 0 Å². The number of nitrogens with zero attached hydrogens (tertiary/aromatic N) is 1. The highest BCUT2D eigenvalue weighted by atomic mass is 79.9. The average Bonchev–Trinajstić information content (AvgIpc) is 2.45. The SMILES string of the molecule is CCOCc1ccccc1CNc1ccc(Br)cn1. The molecule has 0 radical (unpaired) electrons. The normalized spacial score (nSPS) is 10.4. The van der Waals surface area contributed by atoms with Crippen LogP contribution in [0.3, 0.4) is 0 Å². The Labute approximate surface area is 122 Å². The first-order valence-corrected chi connectivity index (χ1v) is 7.09. The number of halogens is 1. The van der Waals surface area contributed by atoms with E-state index in [4.69, 9.17) is 4.74 Å². The lowest BCUT2D eigenvalue weighted by Gasteiger charge is -2.11. The molecule has 4 heteroatoms. The fraction of sp³-hybridized carbons (Fsp3) is 0.267. The van der Waals surface area contributed by atoms with Gasteiger partial charge in [0.15, 0.2) is 0 Å². The van der Waals surface area contributed by atoms with Crippen LogP contribution in [0.25, 0.3) is 0 Å². The van der Waals surface area contributed by atoms with Crippen LogP contribution < -0.4 is 5.32 Å². The van der Waals surface area contributed by atoms with Crippen molar-refractivity contribution in [3.05, 3.63) is 58.2 Å². The monoisotopic (exact) mass is 320 g/mol. The second-order valence-corrected chi connectivity index (χ2v) is 5.04. The number of anilines is 1. The minimum Gasteiger partial charge on any atom is -0.377 e. The number of hydrogen-bond acceptors (Lipinski definition) is 3. The third kappa shape index (κ3) is 4.33. The lowest BCUT2D eigenvalue weighted by molar-refractivity contribution is 0.133. The number of nitrogens with one attached hydrogen (secondary N) is 1. The number of pyridine rings is 1. The Morgan fingerprint density at radius 3 is 2.63 bits per heavy atom. The zero-order valence-electron chi connectivity index (χ0n) is 10.9. The smallest absolute Gasteiger partial charge is 0.126 e. The van der Waals surface area contributed by atoms with Gasteiger partial charge >= 0.3 is 0 Å². The quantitative estimate of drug-likeness (QED) is 0.873. The standard InChI is InChI=1S/C15H17BrN2O/c1-2-19-11-13-6-4-3-5-12(13)9-17-15-8-7-14(16)10-18-15/h3-8,10H,2,9,11H2,1H3,(H,17,18). The van der Waals surface area contributed by atoms with Crippen LogP contribution in [0.4, 0.5) is 5.82 Å². The summed E-state index contributed by atoms with van der Waals surface area (Å²) in [5, 5.41) is 3.32. The molecule has 1 aromatic heterocycles. The number of rotatable bonds is 6. The van der Waals surface area contributed by atoms with Gasteiger partial charge in [0.25, 0.3) is 0 Å². The maximum absolute atomic E-state index is 5.48. The molecule has 0 fully saturated rings. The van der Waals surface area contributed by atoms with Crippen molar-refractivity contribution in [3.8, 4) is 0 Å². The molecule has 3 nitrogen and oxygen atoms in total. The van der Waals surface area contributed by atoms with E-state index in [-0.39, 0.29) is 0 Å². The number of hydrogen-bond donors (Lipinski definition) is 1. The molecule has 0 atom stereocenters. The highest BCUT2D eigenvalue weighted by Gasteiger charge is 2.02. The van der Waals surface area contributed by atoms with Gasteiger partial charge in [-0.25, -0.2) is 4.98 Å². The highest BCUT2D eigenvalue weighted by molar-refractivity contribution is 9.10. The molecule has 0 aliphatic heterocycles. The molecule has 0 aliphatic carbocycles. The summed E-state index contributed by atoms with van der Waals surface area (Å²) in [6.07, 6.45) is 1.79. The predicted molar refractivity (Wildman–Crippen MR) is 81.0 cm³/mol. The third-order valence-electron chi connectivity index (χ3n) is 2.77. The molecule has 2 rings (SSSR count). The summed E-state index contributed by atoms with van der Waals surface area (Å²) in [4.78, 5) is 4.30. The van der Waals surface area contributed by atoms with Crippen LogP contribution in [-0.2, 0) is 17.9 Å². The van der Waals surface area contributed by atoms with E-state index in [1.165, 1.54) is 11.1 Å². The highest BCUT2D eigenvalue weighted by Crippen LogP contribution is 2.14. The van der Waals surface area contributed by atoms with Crippen molar-refractivity contribution in [2.75, 3.05) is 11.9 Å².